The van der Waals surface area contributed by atoms with Gasteiger partial charge in [0.15, 0.2) is 0 Å². The molecular formula is C34H48F2. The van der Waals surface area contributed by atoms with E-state index in [9.17, 15) is 8.78 Å². The fourth-order valence-corrected chi connectivity index (χ4v) is 6.91. The van der Waals surface area contributed by atoms with Gasteiger partial charge < -0.3 is 0 Å². The Hall–Kier alpha value is -1.96. The molecule has 0 spiro atoms. The number of halogens is 2. The maximum absolute atomic E-state index is 12.5. The first-order chi connectivity index (χ1) is 17.0. The minimum atomic E-state index is -1.53. The lowest BCUT2D eigenvalue weighted by Gasteiger charge is -2.32. The molecule has 2 heteroatoms. The van der Waals surface area contributed by atoms with E-state index in [4.69, 9.17) is 0 Å². The van der Waals surface area contributed by atoms with Gasteiger partial charge in [0.05, 0.1) is 0 Å². The molecule has 0 bridgehead atoms. The van der Waals surface area contributed by atoms with Crippen LogP contribution in [-0.4, -0.2) is 0 Å². The highest BCUT2D eigenvalue weighted by Gasteiger charge is 2.26. The van der Waals surface area contributed by atoms with Crippen molar-refractivity contribution in [1.82, 2.24) is 0 Å². The molecule has 0 aromatic heterocycles. The minimum Gasteiger partial charge on any atom is -0.174 e. The van der Waals surface area contributed by atoms with Crippen LogP contribution in [0.3, 0.4) is 0 Å². The van der Waals surface area contributed by atoms with E-state index in [-0.39, 0.29) is 0 Å². The zero-order valence-electron chi connectivity index (χ0n) is 24.4. The third-order valence-corrected chi connectivity index (χ3v) is 9.96. The summed E-state index contributed by atoms with van der Waals surface area (Å²) in [4.78, 5) is 0. The second kappa shape index (κ2) is 12.1. The Morgan fingerprint density at radius 3 is 1.39 bits per heavy atom. The Morgan fingerprint density at radius 1 is 0.583 bits per heavy atom. The van der Waals surface area contributed by atoms with Crippen LogP contribution in [0.5, 0.6) is 0 Å². The number of benzene rings is 2. The summed E-state index contributed by atoms with van der Waals surface area (Å²) in [5.41, 5.74) is 17.9. The van der Waals surface area contributed by atoms with E-state index in [1.807, 2.05) is 0 Å². The van der Waals surface area contributed by atoms with Crippen molar-refractivity contribution in [3.05, 3.63) is 78.9 Å². The van der Waals surface area contributed by atoms with E-state index in [0.29, 0.717) is 18.3 Å². The minimum absolute atomic E-state index is 0.415. The molecule has 198 valence electrons. The molecule has 36 heavy (non-hydrogen) atoms. The molecule has 0 N–H and O–H groups in total. The van der Waals surface area contributed by atoms with Gasteiger partial charge in [-0.1, -0.05) is 0 Å². The first kappa shape index (κ1) is 28.6. The lowest BCUT2D eigenvalue weighted by molar-refractivity contribution is 0.321. The van der Waals surface area contributed by atoms with E-state index in [0.717, 1.165) is 38.2 Å². The molecule has 2 aromatic rings. The second-order valence-corrected chi connectivity index (χ2v) is 11.7. The monoisotopic (exact) mass is 494 g/mol. The van der Waals surface area contributed by atoms with E-state index >= 15 is 0 Å². The van der Waals surface area contributed by atoms with Gasteiger partial charge in [-0.05, 0) is 205 Å². The largest absolute Gasteiger partial charge is 0.266 e. The zero-order chi connectivity index (χ0) is 26.7. The summed E-state index contributed by atoms with van der Waals surface area (Å²) >= 11 is 0. The average Bonchev–Trinajstić information content (AvgIpc) is 2.86. The van der Waals surface area contributed by atoms with Crippen LogP contribution in [0.15, 0.2) is 12.2 Å². The highest BCUT2D eigenvalue weighted by Crippen LogP contribution is 2.42. The van der Waals surface area contributed by atoms with Crippen LogP contribution >= 0.6 is 0 Å². The van der Waals surface area contributed by atoms with Crippen molar-refractivity contribution in [3.8, 4) is 0 Å². The van der Waals surface area contributed by atoms with Crippen molar-refractivity contribution < 1.29 is 8.78 Å². The van der Waals surface area contributed by atoms with Gasteiger partial charge in [0, 0.05) is 0 Å². The van der Waals surface area contributed by atoms with Crippen LogP contribution in [0.2, 0.25) is 0 Å². The van der Waals surface area contributed by atoms with Crippen LogP contribution in [0, 0.1) is 68.2 Å². The van der Waals surface area contributed by atoms with Gasteiger partial charge in [-0.2, -0.15) is 8.78 Å². The van der Waals surface area contributed by atoms with Crippen molar-refractivity contribution in [2.24, 2.45) is 5.92 Å². The first-order valence-corrected chi connectivity index (χ1v) is 14.1. The smallest absolute Gasteiger partial charge is 0.174 e. The fraction of sp³-hybridized carbons (Fsp3) is 0.588. The summed E-state index contributed by atoms with van der Waals surface area (Å²) in [7, 11) is 0. The van der Waals surface area contributed by atoms with Gasteiger partial charge >= 0.3 is 0 Å². The Bertz CT molecular complexity index is 1060. The Balaban J connectivity index is 1.69. The zero-order valence-corrected chi connectivity index (χ0v) is 24.4. The molecule has 2 aromatic carbocycles. The summed E-state index contributed by atoms with van der Waals surface area (Å²) in [6.07, 6.45) is 9.25. The fourth-order valence-electron chi connectivity index (χ4n) is 6.91. The van der Waals surface area contributed by atoms with Gasteiger partial charge in [0.1, 0.15) is 0 Å². The van der Waals surface area contributed by atoms with Gasteiger partial charge in [-0.3, -0.25) is 0 Å². The van der Waals surface area contributed by atoms with E-state index in [2.05, 4.69) is 62.3 Å². The van der Waals surface area contributed by atoms with Crippen LogP contribution in [0.1, 0.15) is 118 Å². The third-order valence-electron chi connectivity index (χ3n) is 9.96. The molecule has 0 amide bonds. The van der Waals surface area contributed by atoms with Gasteiger partial charge in [0.2, 0.25) is 0 Å². The molecule has 0 atom stereocenters. The van der Waals surface area contributed by atoms with Gasteiger partial charge in [-0.15, -0.1) is 0 Å². The van der Waals surface area contributed by atoms with Crippen molar-refractivity contribution in [3.63, 3.8) is 0 Å². The van der Waals surface area contributed by atoms with E-state index in [1.165, 1.54) is 69.3 Å². The predicted octanol–water partition coefficient (Wildman–Crippen LogP) is 10.5. The van der Waals surface area contributed by atoms with Crippen LogP contribution < -0.4 is 0 Å². The maximum Gasteiger partial charge on any atom is 0.266 e. The SMILES string of the molecule is Cc1c(C)c(C)c(CCCCc2c(C)c(C)c(C3CCC(CC=C(F)F)CC3)c(C)c2C)c(C)c1C. The molecule has 1 aliphatic rings. The van der Waals surface area contributed by atoms with Gasteiger partial charge in [-0.25, -0.2) is 0 Å². The number of rotatable bonds is 8. The number of allylic oxidation sites excluding steroid dienone is 1. The lowest BCUT2D eigenvalue weighted by Crippen LogP contribution is -2.16. The maximum atomic E-state index is 12.5. The second-order valence-electron chi connectivity index (χ2n) is 11.7. The molecule has 1 fully saturated rings. The van der Waals surface area contributed by atoms with Crippen molar-refractivity contribution >= 4 is 0 Å². The molecule has 0 radical (unpaired) electrons. The highest BCUT2D eigenvalue weighted by molar-refractivity contribution is 5.52. The lowest BCUT2D eigenvalue weighted by atomic mass is 9.73. The van der Waals surface area contributed by atoms with Crippen LogP contribution in [0.4, 0.5) is 8.78 Å². The molecule has 0 heterocycles. The number of unbranched alkanes of at least 4 members (excludes halogenated alkanes) is 1. The quantitative estimate of drug-likeness (QED) is 0.320. The molecular weight excluding hydrogens is 446 g/mol. The summed E-state index contributed by atoms with van der Waals surface area (Å²) < 4.78 is 25.0. The summed E-state index contributed by atoms with van der Waals surface area (Å²) in [6.45, 7) is 20.7. The summed E-state index contributed by atoms with van der Waals surface area (Å²) in [5, 5.41) is 0. The highest BCUT2D eigenvalue weighted by atomic mass is 19.3. The summed E-state index contributed by atoms with van der Waals surface area (Å²) in [6, 6.07) is 0. The van der Waals surface area contributed by atoms with Gasteiger partial charge in [0.25, 0.3) is 6.08 Å². The molecule has 0 nitrogen and oxygen atoms in total. The average molecular weight is 495 g/mol. The predicted molar refractivity (Wildman–Crippen MR) is 152 cm³/mol. The van der Waals surface area contributed by atoms with Crippen molar-refractivity contribution in [1.29, 1.82) is 0 Å². The molecule has 0 unspecified atom stereocenters. The standard InChI is InChI=1S/C34H48F2/c1-20-21(2)23(4)31(24(5)22(20)3)12-10-11-13-32-25(6)27(8)34(28(9)26(32)7)30-17-14-29(15-18-30)16-19-33(35)36/h19,29-30H,10-18H2,1-9H3. The first-order valence-electron chi connectivity index (χ1n) is 14.1. The molecule has 3 rings (SSSR count). The summed E-state index contributed by atoms with van der Waals surface area (Å²) in [5.74, 6) is 0.990. The number of hydrogen-bond acceptors (Lipinski definition) is 0. The van der Waals surface area contributed by atoms with Crippen LogP contribution in [0.25, 0.3) is 0 Å². The Labute approximate surface area is 219 Å². The van der Waals surface area contributed by atoms with Crippen molar-refractivity contribution in [2.45, 2.75) is 126 Å². The Kier molecular flexibility index (Phi) is 9.58. The molecule has 1 aliphatic carbocycles. The number of hydrogen-bond donors (Lipinski definition) is 0. The van der Waals surface area contributed by atoms with Crippen LogP contribution in [-0.2, 0) is 12.8 Å². The molecule has 1 saturated carbocycles. The Morgan fingerprint density at radius 2 is 0.972 bits per heavy atom. The third kappa shape index (κ3) is 5.95. The topological polar surface area (TPSA) is 0 Å². The van der Waals surface area contributed by atoms with E-state index < -0.39 is 6.08 Å². The normalized spacial score (nSPS) is 18.0. The molecule has 0 aliphatic heterocycles. The van der Waals surface area contributed by atoms with Crippen molar-refractivity contribution in [2.75, 3.05) is 0 Å². The van der Waals surface area contributed by atoms with E-state index in [1.54, 1.807) is 16.7 Å². The molecule has 0 saturated heterocycles.